The molecule has 0 amide bonds. The molecule has 0 bridgehead atoms. The number of aromatic hydroxyl groups is 1. The van der Waals surface area contributed by atoms with Crippen molar-refractivity contribution >= 4 is 33.7 Å². The molecular weight excluding hydrogens is 372 g/mol. The number of hydrogen-bond acceptors (Lipinski definition) is 7. The zero-order valence-corrected chi connectivity index (χ0v) is 14.5. The molecule has 23 heavy (non-hydrogen) atoms. The molecule has 0 saturated carbocycles. The van der Waals surface area contributed by atoms with Crippen molar-refractivity contribution in [3.05, 3.63) is 23.3 Å². The molecular formula is C15H17BrO7. The molecule has 1 aromatic carbocycles. The zero-order chi connectivity index (χ0) is 17.6. The van der Waals surface area contributed by atoms with Crippen LogP contribution >= 0.6 is 15.9 Å². The third-order valence-corrected chi connectivity index (χ3v) is 3.37. The van der Waals surface area contributed by atoms with E-state index in [1.165, 1.54) is 26.4 Å². The van der Waals surface area contributed by atoms with Crippen LogP contribution in [0, 0.1) is 0 Å². The third kappa shape index (κ3) is 4.95. The summed E-state index contributed by atoms with van der Waals surface area (Å²) >= 11 is 3.15. The summed E-state index contributed by atoms with van der Waals surface area (Å²) < 4.78 is 14.3. The largest absolute Gasteiger partial charge is 0.504 e. The minimum absolute atomic E-state index is 0.0173. The van der Waals surface area contributed by atoms with Gasteiger partial charge >= 0.3 is 11.9 Å². The highest BCUT2D eigenvalue weighted by Crippen LogP contribution is 2.35. The topological polar surface area (TPSA) is 99.1 Å². The summed E-state index contributed by atoms with van der Waals surface area (Å²) in [5, 5.41) is 9.96. The minimum Gasteiger partial charge on any atom is -0.504 e. The lowest BCUT2D eigenvalue weighted by Crippen LogP contribution is -2.19. The number of halogens is 1. The lowest BCUT2D eigenvalue weighted by atomic mass is 9.97. The van der Waals surface area contributed by atoms with Crippen molar-refractivity contribution in [2.24, 2.45) is 0 Å². The van der Waals surface area contributed by atoms with E-state index in [-0.39, 0.29) is 23.5 Å². The Kier molecular flexibility index (Phi) is 7.02. The minimum atomic E-state index is -0.673. The van der Waals surface area contributed by atoms with Gasteiger partial charge in [-0.05, 0) is 18.6 Å². The molecule has 126 valence electrons. The summed E-state index contributed by atoms with van der Waals surface area (Å²) in [7, 11) is 2.41. The number of benzene rings is 1. The predicted molar refractivity (Wildman–Crippen MR) is 84.1 cm³/mol. The van der Waals surface area contributed by atoms with Crippen LogP contribution in [0.4, 0.5) is 0 Å². The smallest absolute Gasteiger partial charge is 0.343 e. The van der Waals surface area contributed by atoms with E-state index in [0.717, 1.165) is 0 Å². The van der Waals surface area contributed by atoms with Crippen LogP contribution < -0.4 is 4.74 Å². The van der Waals surface area contributed by atoms with Crippen LogP contribution in [0.2, 0.25) is 0 Å². The molecule has 7 nitrogen and oxygen atoms in total. The molecule has 1 N–H and O–H groups in total. The molecule has 8 heteroatoms. The second-order valence-corrected chi connectivity index (χ2v) is 5.92. The number of hydrogen-bond donors (Lipinski definition) is 1. The van der Waals surface area contributed by atoms with E-state index in [2.05, 4.69) is 25.4 Å². The first-order chi connectivity index (χ1) is 10.8. The molecule has 0 aliphatic carbocycles. The summed E-state index contributed by atoms with van der Waals surface area (Å²) in [4.78, 5) is 34.6. The van der Waals surface area contributed by atoms with Crippen LogP contribution in [-0.2, 0) is 25.5 Å². The van der Waals surface area contributed by atoms with Gasteiger partial charge in [0.25, 0.3) is 0 Å². The zero-order valence-electron chi connectivity index (χ0n) is 12.9. The maximum Gasteiger partial charge on any atom is 0.343 e. The van der Waals surface area contributed by atoms with Crippen LogP contribution in [0.5, 0.6) is 11.5 Å². The standard InChI is InChI=1S/C15H17BrO7/c1-8(16)14(20)13-9(6-11(18)21-2)4-5-10(17)15(13)23-7-12(19)22-3/h4-5,8,17H,6-7H2,1-3H3. The lowest BCUT2D eigenvalue weighted by molar-refractivity contribution is -0.143. The highest BCUT2D eigenvalue weighted by atomic mass is 79.9. The van der Waals surface area contributed by atoms with Crippen LogP contribution in [0.3, 0.4) is 0 Å². The van der Waals surface area contributed by atoms with Gasteiger partial charge in [0, 0.05) is 0 Å². The van der Waals surface area contributed by atoms with E-state index < -0.39 is 29.2 Å². The van der Waals surface area contributed by atoms with Crippen molar-refractivity contribution in [3.8, 4) is 11.5 Å². The van der Waals surface area contributed by atoms with Crippen molar-refractivity contribution in [2.45, 2.75) is 18.2 Å². The van der Waals surface area contributed by atoms with Gasteiger partial charge in [0.15, 0.2) is 23.9 Å². The average Bonchev–Trinajstić information content (AvgIpc) is 2.53. The number of Topliss-reactive ketones (excluding diaryl/α,β-unsaturated/α-hetero) is 1. The monoisotopic (exact) mass is 388 g/mol. The quantitative estimate of drug-likeness (QED) is 0.430. The van der Waals surface area contributed by atoms with Gasteiger partial charge in [0.05, 0.1) is 31.0 Å². The molecule has 0 heterocycles. The fraction of sp³-hybridized carbons (Fsp3) is 0.400. The number of alkyl halides is 1. The number of carbonyl (C=O) groups excluding carboxylic acids is 3. The molecule has 0 fully saturated rings. The van der Waals surface area contributed by atoms with Gasteiger partial charge in [0.2, 0.25) is 0 Å². The maximum absolute atomic E-state index is 12.4. The number of esters is 2. The van der Waals surface area contributed by atoms with Crippen LogP contribution in [0.1, 0.15) is 22.8 Å². The number of ether oxygens (including phenoxy) is 3. The van der Waals surface area contributed by atoms with Gasteiger partial charge in [-0.25, -0.2) is 4.79 Å². The summed E-state index contributed by atoms with van der Waals surface area (Å²) in [6.45, 7) is 1.11. The Morgan fingerprint density at radius 3 is 2.30 bits per heavy atom. The van der Waals surface area contributed by atoms with Crippen molar-refractivity contribution in [1.82, 2.24) is 0 Å². The first-order valence-corrected chi connectivity index (χ1v) is 7.52. The molecule has 1 unspecified atom stereocenters. The summed E-state index contributed by atoms with van der Waals surface area (Å²) in [5.74, 6) is -2.12. The first kappa shape index (κ1) is 19.0. The Labute approximate surface area is 141 Å². The van der Waals surface area contributed by atoms with Crippen molar-refractivity contribution in [3.63, 3.8) is 0 Å². The van der Waals surface area contributed by atoms with Gasteiger partial charge in [-0.15, -0.1) is 0 Å². The van der Waals surface area contributed by atoms with Crippen LogP contribution in [0.15, 0.2) is 12.1 Å². The number of phenolic OH excluding ortho intramolecular Hbond substituents is 1. The second-order valence-electron chi connectivity index (χ2n) is 4.55. The number of rotatable bonds is 7. The third-order valence-electron chi connectivity index (χ3n) is 2.96. The summed E-state index contributed by atoms with van der Waals surface area (Å²) in [5.41, 5.74) is 0.342. The van der Waals surface area contributed by atoms with Gasteiger partial charge in [-0.2, -0.15) is 0 Å². The molecule has 0 saturated heterocycles. The summed E-state index contributed by atoms with van der Waals surface area (Å²) in [6.07, 6.45) is -0.174. The van der Waals surface area contributed by atoms with Gasteiger partial charge in [0.1, 0.15) is 0 Å². The molecule has 0 spiro atoms. The van der Waals surface area contributed by atoms with Crippen molar-refractivity contribution in [1.29, 1.82) is 0 Å². The van der Waals surface area contributed by atoms with Gasteiger partial charge in [-0.3, -0.25) is 9.59 Å². The number of phenols is 1. The Hall–Kier alpha value is -2.09. The molecule has 1 aromatic rings. The molecule has 0 radical (unpaired) electrons. The first-order valence-electron chi connectivity index (χ1n) is 6.61. The summed E-state index contributed by atoms with van der Waals surface area (Å²) in [6, 6.07) is 2.71. The van der Waals surface area contributed by atoms with Gasteiger partial charge in [-0.1, -0.05) is 22.0 Å². The molecule has 0 aliphatic rings. The Bertz CT molecular complexity index is 610. The lowest BCUT2D eigenvalue weighted by Gasteiger charge is -2.16. The Morgan fingerprint density at radius 2 is 1.78 bits per heavy atom. The van der Waals surface area contributed by atoms with E-state index in [9.17, 15) is 19.5 Å². The molecule has 1 rings (SSSR count). The Balaban J connectivity index is 3.34. The predicted octanol–water partition coefficient (Wildman–Crippen LogP) is 1.63. The molecule has 0 aliphatic heterocycles. The van der Waals surface area contributed by atoms with Crippen LogP contribution in [-0.4, -0.2) is 48.5 Å². The Morgan fingerprint density at radius 1 is 1.17 bits per heavy atom. The molecule has 0 aromatic heterocycles. The van der Waals surface area contributed by atoms with Crippen LogP contribution in [0.25, 0.3) is 0 Å². The van der Waals surface area contributed by atoms with E-state index in [0.29, 0.717) is 5.56 Å². The normalized spacial score (nSPS) is 11.5. The maximum atomic E-state index is 12.4. The van der Waals surface area contributed by atoms with E-state index >= 15 is 0 Å². The molecule has 1 atom stereocenters. The fourth-order valence-electron chi connectivity index (χ4n) is 1.79. The van der Waals surface area contributed by atoms with E-state index in [1.807, 2.05) is 0 Å². The van der Waals surface area contributed by atoms with E-state index in [1.54, 1.807) is 6.92 Å². The van der Waals surface area contributed by atoms with Gasteiger partial charge < -0.3 is 19.3 Å². The SMILES string of the molecule is COC(=O)COc1c(O)ccc(CC(=O)OC)c1C(=O)C(C)Br. The number of carbonyl (C=O) groups is 3. The highest BCUT2D eigenvalue weighted by molar-refractivity contribution is 9.10. The average molecular weight is 389 g/mol. The second kappa shape index (κ2) is 8.52. The fourth-order valence-corrected chi connectivity index (χ4v) is 2.02. The number of ketones is 1. The van der Waals surface area contributed by atoms with E-state index in [4.69, 9.17) is 4.74 Å². The van der Waals surface area contributed by atoms with Crippen molar-refractivity contribution in [2.75, 3.05) is 20.8 Å². The highest BCUT2D eigenvalue weighted by Gasteiger charge is 2.25. The number of methoxy groups -OCH3 is 2. The van der Waals surface area contributed by atoms with Crippen molar-refractivity contribution < 1.29 is 33.7 Å².